The van der Waals surface area contributed by atoms with E-state index in [2.05, 4.69) is 34.7 Å². The minimum atomic E-state index is -3.86. The number of aliphatic hydroxyl groups is 1. The molecule has 0 fully saturated rings. The number of anilines is 4. The molecule has 0 aliphatic carbocycles. The van der Waals surface area contributed by atoms with Crippen LogP contribution in [0.1, 0.15) is 80.4 Å². The quantitative estimate of drug-likeness (QED) is 0.107. The number of aliphatic hydroxyl groups excluding tert-OH is 1. The molecule has 0 saturated heterocycles. The average molecular weight is 674 g/mol. The van der Waals surface area contributed by atoms with E-state index in [0.29, 0.717) is 18.5 Å². The van der Waals surface area contributed by atoms with Crippen LogP contribution < -0.4 is 20.3 Å². The Morgan fingerprint density at radius 3 is 2.66 bits per heavy atom. The molecule has 0 amide bonds. The monoisotopic (exact) mass is 673 g/mol. The van der Waals surface area contributed by atoms with Crippen molar-refractivity contribution in [1.29, 1.82) is 0 Å². The van der Waals surface area contributed by atoms with Gasteiger partial charge in [0.2, 0.25) is 0 Å². The molecule has 250 valence electrons. The number of nitrogens with two attached hydrogens (primary N) is 1. The number of nitrogens with zero attached hydrogens (tertiary/aromatic N) is 3. The number of thiazole rings is 1. The number of sulfonamides is 1. The number of unbranched alkanes of at least 4 members (excludes halogenated alkanes) is 5. The molecule has 2 aliphatic rings. The van der Waals surface area contributed by atoms with Crippen LogP contribution in [0.4, 0.5) is 22.2 Å². The highest BCUT2D eigenvalue weighted by Gasteiger charge is 2.36. The van der Waals surface area contributed by atoms with E-state index < -0.39 is 16.1 Å². The minimum absolute atomic E-state index is 0.0772. The number of para-hydroxylation sites is 1. The van der Waals surface area contributed by atoms with Crippen LogP contribution in [0.5, 0.6) is 0 Å². The lowest BCUT2D eigenvalue weighted by atomic mass is 9.97. The molecule has 2 aliphatic heterocycles. The van der Waals surface area contributed by atoms with E-state index in [1.165, 1.54) is 42.0 Å². The highest BCUT2D eigenvalue weighted by atomic mass is 32.2. The number of benzene rings is 3. The third kappa shape index (κ3) is 7.51. The molecule has 3 aromatic carbocycles. The number of hydrogen-bond donors (Lipinski definition) is 3. The molecule has 47 heavy (non-hydrogen) atoms. The number of nitrogens with one attached hydrogen (secondary N) is 1. The summed E-state index contributed by atoms with van der Waals surface area (Å²) in [6.45, 7) is 3.55. The summed E-state index contributed by atoms with van der Waals surface area (Å²) in [4.78, 5) is 7.55. The Bertz CT molecular complexity index is 1740. The first kappa shape index (κ1) is 33.5. The Morgan fingerprint density at radius 2 is 1.85 bits per heavy atom. The maximum absolute atomic E-state index is 14.0. The fourth-order valence-electron chi connectivity index (χ4n) is 6.87. The molecule has 4 aromatic rings. The second kappa shape index (κ2) is 15.2. The zero-order valence-corrected chi connectivity index (χ0v) is 28.9. The van der Waals surface area contributed by atoms with Gasteiger partial charge in [-0.25, -0.2) is 13.4 Å². The van der Waals surface area contributed by atoms with Crippen LogP contribution in [0.2, 0.25) is 0 Å². The van der Waals surface area contributed by atoms with Crippen molar-refractivity contribution in [2.75, 3.05) is 34.2 Å². The molecule has 6 rings (SSSR count). The van der Waals surface area contributed by atoms with Gasteiger partial charge in [-0.2, -0.15) is 0 Å². The summed E-state index contributed by atoms with van der Waals surface area (Å²) in [5, 5.41) is 18.0. The highest BCUT2D eigenvalue weighted by Crippen LogP contribution is 2.44. The van der Waals surface area contributed by atoms with Crippen LogP contribution in [-0.2, 0) is 29.3 Å². The largest absolute Gasteiger partial charge is 0.388 e. The molecule has 0 spiro atoms. The van der Waals surface area contributed by atoms with Gasteiger partial charge in [-0.1, -0.05) is 69.4 Å². The average Bonchev–Trinajstić information content (AvgIpc) is 3.83. The van der Waals surface area contributed by atoms with Crippen molar-refractivity contribution in [3.05, 3.63) is 94.5 Å². The van der Waals surface area contributed by atoms with E-state index >= 15 is 0 Å². The Morgan fingerprint density at radius 1 is 1.04 bits per heavy atom. The zero-order valence-electron chi connectivity index (χ0n) is 27.3. The van der Waals surface area contributed by atoms with Crippen LogP contribution in [0.3, 0.4) is 0 Å². The van der Waals surface area contributed by atoms with Crippen molar-refractivity contribution in [2.24, 2.45) is 5.73 Å². The SMILES string of the molecule is CCCCCCCCc1csc(N2c3ccc(S(=O)(=O)N(CCN)c4ccccc4)cc3CC2CC(O)c2ccc3c(c2)CCN3)n1. The second-order valence-corrected chi connectivity index (χ2v) is 15.4. The molecule has 1 aromatic heterocycles. The van der Waals surface area contributed by atoms with E-state index in [-0.39, 0.29) is 24.0 Å². The van der Waals surface area contributed by atoms with Crippen molar-refractivity contribution in [2.45, 2.75) is 88.2 Å². The molecule has 0 radical (unpaired) electrons. The summed E-state index contributed by atoms with van der Waals surface area (Å²) in [7, 11) is -3.86. The molecule has 2 atom stereocenters. The van der Waals surface area contributed by atoms with E-state index in [4.69, 9.17) is 10.7 Å². The summed E-state index contributed by atoms with van der Waals surface area (Å²) in [6.07, 6.45) is 9.80. The fraction of sp³-hybridized carbons (Fsp3) is 0.432. The number of rotatable bonds is 16. The number of fused-ring (bicyclic) bond motifs is 2. The van der Waals surface area contributed by atoms with Gasteiger partial charge >= 0.3 is 0 Å². The van der Waals surface area contributed by atoms with Crippen molar-refractivity contribution in [3.8, 4) is 0 Å². The van der Waals surface area contributed by atoms with Crippen molar-refractivity contribution in [3.63, 3.8) is 0 Å². The molecule has 4 N–H and O–H groups in total. The van der Waals surface area contributed by atoms with Gasteiger partial charge in [0.15, 0.2) is 5.13 Å². The van der Waals surface area contributed by atoms with Crippen molar-refractivity contribution < 1.29 is 13.5 Å². The Labute approximate surface area is 283 Å². The predicted molar refractivity (Wildman–Crippen MR) is 194 cm³/mol. The van der Waals surface area contributed by atoms with Crippen LogP contribution in [0, 0.1) is 0 Å². The molecule has 0 bridgehead atoms. The summed E-state index contributed by atoms with van der Waals surface area (Å²) in [5.74, 6) is 0. The minimum Gasteiger partial charge on any atom is -0.388 e. The molecule has 0 saturated carbocycles. The van der Waals surface area contributed by atoms with E-state index in [1.807, 2.05) is 36.4 Å². The molecule has 2 unspecified atom stereocenters. The summed E-state index contributed by atoms with van der Waals surface area (Å²) in [6, 6.07) is 20.6. The molecular formula is C37H47N5O3S2. The van der Waals surface area contributed by atoms with Gasteiger partial charge in [0.05, 0.1) is 22.4 Å². The van der Waals surface area contributed by atoms with Crippen molar-refractivity contribution in [1.82, 2.24) is 4.98 Å². The third-order valence-electron chi connectivity index (χ3n) is 9.35. The smallest absolute Gasteiger partial charge is 0.264 e. The predicted octanol–water partition coefficient (Wildman–Crippen LogP) is 7.35. The first-order valence-electron chi connectivity index (χ1n) is 17.1. The normalized spacial score (nSPS) is 16.1. The number of aromatic nitrogens is 1. The fourth-order valence-corrected chi connectivity index (χ4v) is 9.35. The van der Waals surface area contributed by atoms with E-state index in [0.717, 1.165) is 59.1 Å². The summed E-state index contributed by atoms with van der Waals surface area (Å²) in [5.41, 5.74) is 12.7. The zero-order chi connectivity index (χ0) is 32.8. The van der Waals surface area contributed by atoms with Crippen LogP contribution in [-0.4, -0.2) is 44.2 Å². The van der Waals surface area contributed by atoms with Gasteiger partial charge in [-0.05, 0) is 85.2 Å². The lowest BCUT2D eigenvalue weighted by Gasteiger charge is -2.27. The molecule has 10 heteroatoms. The number of hydrogen-bond acceptors (Lipinski definition) is 8. The summed E-state index contributed by atoms with van der Waals surface area (Å²) < 4.78 is 29.4. The van der Waals surface area contributed by atoms with Gasteiger partial charge < -0.3 is 21.1 Å². The maximum atomic E-state index is 14.0. The molecule has 3 heterocycles. The van der Waals surface area contributed by atoms with Crippen LogP contribution in [0.25, 0.3) is 0 Å². The second-order valence-electron chi connectivity index (χ2n) is 12.7. The third-order valence-corrected chi connectivity index (χ3v) is 12.1. The lowest BCUT2D eigenvalue weighted by Crippen LogP contribution is -2.35. The van der Waals surface area contributed by atoms with Gasteiger partial charge in [-0.15, -0.1) is 11.3 Å². The van der Waals surface area contributed by atoms with Gasteiger partial charge in [0.25, 0.3) is 10.0 Å². The first-order valence-corrected chi connectivity index (χ1v) is 19.4. The molecular weight excluding hydrogens is 627 g/mol. The highest BCUT2D eigenvalue weighted by molar-refractivity contribution is 7.92. The standard InChI is InChI=1S/C37H47N5O3S2/c1-2-3-4-5-6-8-11-30-26-46-37(40-30)42-32(25-36(43)28-14-16-34-27(22-28)18-20-39-34)23-29-24-33(15-17-35(29)42)47(44,45)41(21-19-38)31-12-9-7-10-13-31/h7,9-10,12-17,22,24,26,32,36,39,43H,2-6,8,11,18-21,23,25,38H2,1H3. The molecule has 8 nitrogen and oxygen atoms in total. The van der Waals surface area contributed by atoms with Crippen LogP contribution in [0.15, 0.2) is 77.0 Å². The lowest BCUT2D eigenvalue weighted by molar-refractivity contribution is 0.158. The first-order chi connectivity index (χ1) is 22.9. The summed E-state index contributed by atoms with van der Waals surface area (Å²) >= 11 is 1.63. The van der Waals surface area contributed by atoms with Gasteiger partial charge in [0.1, 0.15) is 0 Å². The van der Waals surface area contributed by atoms with E-state index in [9.17, 15) is 13.5 Å². The van der Waals surface area contributed by atoms with Gasteiger partial charge in [0, 0.05) is 42.4 Å². The maximum Gasteiger partial charge on any atom is 0.264 e. The topological polar surface area (TPSA) is 112 Å². The number of aryl methyl sites for hydroxylation is 1. The Balaban J connectivity index is 1.27. The Hall–Kier alpha value is -3.44. The Kier molecular flexibility index (Phi) is 10.8. The van der Waals surface area contributed by atoms with Crippen LogP contribution >= 0.6 is 11.3 Å². The van der Waals surface area contributed by atoms with Crippen molar-refractivity contribution >= 4 is 43.6 Å². The van der Waals surface area contributed by atoms with Gasteiger partial charge in [-0.3, -0.25) is 4.31 Å². The van der Waals surface area contributed by atoms with E-state index in [1.54, 1.807) is 29.5 Å².